The summed E-state index contributed by atoms with van der Waals surface area (Å²) in [6, 6.07) is 0. The van der Waals surface area contributed by atoms with Gasteiger partial charge in [-0.2, -0.15) is 9.37 Å². The molecule has 2 heterocycles. The third-order valence-electron chi connectivity index (χ3n) is 2.55. The maximum atomic E-state index is 13.1. The van der Waals surface area contributed by atoms with E-state index < -0.39 is 5.82 Å². The Morgan fingerprint density at radius 3 is 2.71 bits per heavy atom. The van der Waals surface area contributed by atoms with Crippen LogP contribution < -0.4 is 10.1 Å². The second-order valence-electron chi connectivity index (χ2n) is 3.68. The number of aromatic nitrogens is 2. The van der Waals surface area contributed by atoms with Gasteiger partial charge in [-0.1, -0.05) is 0 Å². The summed E-state index contributed by atoms with van der Waals surface area (Å²) in [5, 5.41) is 3.27. The molecular weight excluding hydrogens is 268 g/mol. The summed E-state index contributed by atoms with van der Waals surface area (Å²) in [5.74, 6) is 0.0654. The number of hydrogen-bond acceptors (Lipinski definition) is 4. The summed E-state index contributed by atoms with van der Waals surface area (Å²) in [5.41, 5.74) is 0. The van der Waals surface area contributed by atoms with Gasteiger partial charge in [-0.3, -0.25) is 0 Å². The van der Waals surface area contributed by atoms with Gasteiger partial charge in [0.2, 0.25) is 5.82 Å². The molecular formula is C10H16Cl2FN3O. The minimum Gasteiger partial charge on any atom is -0.475 e. The number of halogens is 3. The third-order valence-corrected chi connectivity index (χ3v) is 2.55. The van der Waals surface area contributed by atoms with Crippen LogP contribution in [0, 0.1) is 11.7 Å². The number of piperidine rings is 1. The molecule has 0 saturated carbocycles. The Morgan fingerprint density at radius 2 is 2.06 bits per heavy atom. The van der Waals surface area contributed by atoms with E-state index in [1.54, 1.807) is 0 Å². The number of nitrogens with zero attached hydrogens (tertiary/aromatic N) is 2. The highest BCUT2D eigenvalue weighted by Crippen LogP contribution is 2.15. The van der Waals surface area contributed by atoms with E-state index in [0.717, 1.165) is 32.1 Å². The molecule has 98 valence electrons. The van der Waals surface area contributed by atoms with Gasteiger partial charge in [0.05, 0.1) is 12.8 Å². The summed E-state index contributed by atoms with van der Waals surface area (Å²) >= 11 is 0. The lowest BCUT2D eigenvalue weighted by Crippen LogP contribution is -2.30. The van der Waals surface area contributed by atoms with E-state index in [9.17, 15) is 4.39 Å². The fourth-order valence-corrected chi connectivity index (χ4v) is 1.65. The Labute approximate surface area is 112 Å². The van der Waals surface area contributed by atoms with Crippen LogP contribution in [0.1, 0.15) is 12.8 Å². The van der Waals surface area contributed by atoms with Crippen molar-refractivity contribution in [3.63, 3.8) is 0 Å². The molecule has 2 rings (SSSR count). The van der Waals surface area contributed by atoms with Crippen LogP contribution in [-0.2, 0) is 0 Å². The molecule has 1 saturated heterocycles. The average Bonchev–Trinajstić information content (AvgIpc) is 2.29. The molecule has 0 unspecified atom stereocenters. The van der Waals surface area contributed by atoms with E-state index in [1.165, 1.54) is 6.33 Å². The van der Waals surface area contributed by atoms with Crippen LogP contribution in [0.5, 0.6) is 5.88 Å². The first kappa shape index (κ1) is 16.4. The van der Waals surface area contributed by atoms with Gasteiger partial charge in [0.25, 0.3) is 5.88 Å². The smallest absolute Gasteiger partial charge is 0.253 e. The molecule has 1 fully saturated rings. The molecule has 1 aliphatic heterocycles. The molecule has 0 bridgehead atoms. The van der Waals surface area contributed by atoms with Gasteiger partial charge in [-0.15, -0.1) is 24.8 Å². The summed E-state index contributed by atoms with van der Waals surface area (Å²) in [7, 11) is 0. The highest BCUT2D eigenvalue weighted by Gasteiger charge is 2.14. The van der Waals surface area contributed by atoms with Crippen LogP contribution >= 0.6 is 24.8 Å². The van der Waals surface area contributed by atoms with Crippen LogP contribution in [0.4, 0.5) is 4.39 Å². The maximum absolute atomic E-state index is 13.1. The molecule has 1 aromatic rings. The second-order valence-corrected chi connectivity index (χ2v) is 3.68. The van der Waals surface area contributed by atoms with Gasteiger partial charge in [0, 0.05) is 0 Å². The summed E-state index contributed by atoms with van der Waals surface area (Å²) in [6.45, 7) is 2.57. The monoisotopic (exact) mass is 283 g/mol. The van der Waals surface area contributed by atoms with Gasteiger partial charge in [0.1, 0.15) is 6.33 Å². The molecule has 0 spiro atoms. The van der Waals surface area contributed by atoms with Crippen molar-refractivity contribution < 1.29 is 9.13 Å². The molecule has 1 aliphatic rings. The summed E-state index contributed by atoms with van der Waals surface area (Å²) < 4.78 is 18.4. The van der Waals surface area contributed by atoms with Crippen molar-refractivity contribution in [3.05, 3.63) is 18.3 Å². The zero-order valence-electron chi connectivity index (χ0n) is 9.26. The van der Waals surface area contributed by atoms with E-state index in [0.29, 0.717) is 12.5 Å². The van der Waals surface area contributed by atoms with Crippen molar-refractivity contribution in [2.75, 3.05) is 19.7 Å². The second kappa shape index (κ2) is 8.44. The summed E-state index contributed by atoms with van der Waals surface area (Å²) in [4.78, 5) is 7.30. The minimum absolute atomic E-state index is 0. The van der Waals surface area contributed by atoms with Crippen molar-refractivity contribution >= 4 is 24.8 Å². The van der Waals surface area contributed by atoms with E-state index in [4.69, 9.17) is 4.74 Å². The predicted octanol–water partition coefficient (Wildman–Crippen LogP) is 1.84. The Hall–Kier alpha value is -0.650. The molecule has 1 N–H and O–H groups in total. The first-order chi connectivity index (χ1) is 7.36. The fourth-order valence-electron chi connectivity index (χ4n) is 1.65. The van der Waals surface area contributed by atoms with Gasteiger partial charge < -0.3 is 10.1 Å². The predicted molar refractivity (Wildman–Crippen MR) is 67.6 cm³/mol. The lowest BCUT2D eigenvalue weighted by atomic mass is 9.99. The maximum Gasteiger partial charge on any atom is 0.253 e. The van der Waals surface area contributed by atoms with Crippen molar-refractivity contribution in [2.24, 2.45) is 5.92 Å². The SMILES string of the molecule is Cl.Cl.Fc1cncnc1OCC1CCNCC1. The normalized spacial score (nSPS) is 15.6. The van der Waals surface area contributed by atoms with E-state index in [2.05, 4.69) is 15.3 Å². The quantitative estimate of drug-likeness (QED) is 0.920. The minimum atomic E-state index is -0.494. The van der Waals surface area contributed by atoms with Crippen LogP contribution in [0.2, 0.25) is 0 Å². The highest BCUT2D eigenvalue weighted by atomic mass is 35.5. The van der Waals surface area contributed by atoms with Gasteiger partial charge >= 0.3 is 0 Å². The topological polar surface area (TPSA) is 47.0 Å². The fraction of sp³-hybridized carbons (Fsp3) is 0.600. The van der Waals surface area contributed by atoms with Crippen molar-refractivity contribution in [2.45, 2.75) is 12.8 Å². The molecule has 7 heteroatoms. The average molecular weight is 284 g/mol. The molecule has 0 aromatic carbocycles. The van der Waals surface area contributed by atoms with Crippen LogP contribution in [0.3, 0.4) is 0 Å². The van der Waals surface area contributed by atoms with Gasteiger partial charge in [-0.05, 0) is 31.8 Å². The van der Waals surface area contributed by atoms with Crippen molar-refractivity contribution in [1.82, 2.24) is 15.3 Å². The van der Waals surface area contributed by atoms with E-state index in [1.807, 2.05) is 0 Å². The van der Waals surface area contributed by atoms with Crippen LogP contribution in [0.15, 0.2) is 12.5 Å². The third kappa shape index (κ3) is 5.02. The largest absolute Gasteiger partial charge is 0.475 e. The molecule has 0 amide bonds. The molecule has 17 heavy (non-hydrogen) atoms. The van der Waals surface area contributed by atoms with Crippen molar-refractivity contribution in [3.8, 4) is 5.88 Å². The van der Waals surface area contributed by atoms with Crippen molar-refractivity contribution in [1.29, 1.82) is 0 Å². The van der Waals surface area contributed by atoms with Crippen LogP contribution in [0.25, 0.3) is 0 Å². The standard InChI is InChI=1S/C10H14FN3O.2ClH/c11-9-5-13-7-14-10(9)15-6-8-1-3-12-4-2-8;;/h5,7-8,12H,1-4,6H2;2*1H. The number of hydrogen-bond donors (Lipinski definition) is 1. The lowest BCUT2D eigenvalue weighted by Gasteiger charge is -2.22. The Kier molecular flexibility index (Phi) is 8.12. The molecule has 4 nitrogen and oxygen atoms in total. The Morgan fingerprint density at radius 1 is 1.35 bits per heavy atom. The van der Waals surface area contributed by atoms with Crippen LogP contribution in [-0.4, -0.2) is 29.7 Å². The first-order valence-electron chi connectivity index (χ1n) is 5.15. The molecule has 0 atom stereocenters. The highest BCUT2D eigenvalue weighted by molar-refractivity contribution is 5.85. The molecule has 1 aromatic heterocycles. The Balaban J connectivity index is 0.00000128. The molecule has 0 aliphatic carbocycles. The summed E-state index contributed by atoms with van der Waals surface area (Å²) in [6.07, 6.45) is 4.56. The van der Waals surface area contributed by atoms with Gasteiger partial charge in [0.15, 0.2) is 0 Å². The van der Waals surface area contributed by atoms with E-state index >= 15 is 0 Å². The van der Waals surface area contributed by atoms with Gasteiger partial charge in [-0.25, -0.2) is 4.98 Å². The van der Waals surface area contributed by atoms with E-state index in [-0.39, 0.29) is 30.7 Å². The number of nitrogens with one attached hydrogen (secondary N) is 1. The number of ether oxygens (including phenoxy) is 1. The number of rotatable bonds is 3. The first-order valence-corrected chi connectivity index (χ1v) is 5.15. The zero-order chi connectivity index (χ0) is 10.5. The zero-order valence-corrected chi connectivity index (χ0v) is 10.9. The lowest BCUT2D eigenvalue weighted by molar-refractivity contribution is 0.201. The molecule has 0 radical (unpaired) electrons. The Bertz CT molecular complexity index is 324.